The normalized spacial score (nSPS) is 26.7. The Bertz CT molecular complexity index is 142. The van der Waals surface area contributed by atoms with Crippen LogP contribution in [0.25, 0.3) is 0 Å². The molecule has 0 saturated carbocycles. The van der Waals surface area contributed by atoms with Crippen LogP contribution in [0.5, 0.6) is 0 Å². The summed E-state index contributed by atoms with van der Waals surface area (Å²) in [6.45, 7) is 1.32. The first-order valence-corrected chi connectivity index (χ1v) is 3.39. The highest BCUT2D eigenvalue weighted by molar-refractivity contribution is 6.13. The average Bonchev–Trinajstić information content (AvgIpc) is 2.13. The molecule has 58 valence electrons. The summed E-state index contributed by atoms with van der Waals surface area (Å²) in [7, 11) is 0. The fourth-order valence-corrected chi connectivity index (χ4v) is 1.20. The third-order valence-electron chi connectivity index (χ3n) is 1.38. The van der Waals surface area contributed by atoms with E-state index in [1.54, 1.807) is 4.42 Å². The lowest BCUT2D eigenvalue weighted by Crippen LogP contribution is -2.24. The second kappa shape index (κ2) is 3.07. The number of ether oxygens (including phenoxy) is 1. The molecule has 2 N–H and O–H groups in total. The van der Waals surface area contributed by atoms with Gasteiger partial charge in [0.05, 0.1) is 6.54 Å². The van der Waals surface area contributed by atoms with Gasteiger partial charge in [-0.15, -0.1) is 0 Å². The van der Waals surface area contributed by atoms with Gasteiger partial charge in [0.2, 0.25) is 0 Å². The summed E-state index contributed by atoms with van der Waals surface area (Å²) in [4.78, 5) is 10.2. The molecule has 4 nitrogen and oxygen atoms in total. The molecule has 0 bridgehead atoms. The number of hydrogen-bond donors (Lipinski definition) is 1. The lowest BCUT2D eigenvalue weighted by molar-refractivity contribution is 0.114. The first kappa shape index (κ1) is 7.63. The summed E-state index contributed by atoms with van der Waals surface area (Å²) < 4.78 is 6.27. The SMILES string of the molecule is NC(=O)O[C@@H]1CCN(Cl)C1. The number of amides is 1. The van der Waals surface area contributed by atoms with Crippen LogP contribution in [-0.2, 0) is 4.74 Å². The highest BCUT2D eigenvalue weighted by Gasteiger charge is 2.23. The molecule has 10 heavy (non-hydrogen) atoms. The Kier molecular flexibility index (Phi) is 2.34. The van der Waals surface area contributed by atoms with Crippen molar-refractivity contribution >= 4 is 17.9 Å². The van der Waals surface area contributed by atoms with E-state index in [1.165, 1.54) is 0 Å². The number of carbonyl (C=O) groups excluding carboxylic acids is 1. The summed E-state index contributed by atoms with van der Waals surface area (Å²) in [5, 5.41) is 0. The molecule has 5 heteroatoms. The van der Waals surface area contributed by atoms with Gasteiger partial charge in [0.1, 0.15) is 6.10 Å². The van der Waals surface area contributed by atoms with E-state index in [4.69, 9.17) is 22.2 Å². The third-order valence-corrected chi connectivity index (χ3v) is 1.69. The zero-order chi connectivity index (χ0) is 7.56. The number of carbonyl (C=O) groups is 1. The highest BCUT2D eigenvalue weighted by Crippen LogP contribution is 2.13. The number of rotatable bonds is 1. The quantitative estimate of drug-likeness (QED) is 0.568. The van der Waals surface area contributed by atoms with Crippen molar-refractivity contribution in [2.24, 2.45) is 5.73 Å². The third kappa shape index (κ3) is 2.04. The molecule has 0 aromatic heterocycles. The second-order valence-electron chi connectivity index (χ2n) is 2.22. The highest BCUT2D eigenvalue weighted by atomic mass is 35.5. The Morgan fingerprint density at radius 1 is 1.80 bits per heavy atom. The van der Waals surface area contributed by atoms with Crippen molar-refractivity contribution in [3.05, 3.63) is 0 Å². The predicted octanol–water partition coefficient (Wildman–Crippen LogP) is 0.310. The van der Waals surface area contributed by atoms with Gasteiger partial charge in [-0.3, -0.25) is 0 Å². The van der Waals surface area contributed by atoms with Crippen LogP contribution >= 0.6 is 11.8 Å². The monoisotopic (exact) mass is 164 g/mol. The van der Waals surface area contributed by atoms with Crippen LogP contribution in [0.1, 0.15) is 6.42 Å². The van der Waals surface area contributed by atoms with E-state index in [1.807, 2.05) is 0 Å². The van der Waals surface area contributed by atoms with Crippen LogP contribution in [0.2, 0.25) is 0 Å². The first-order chi connectivity index (χ1) is 4.68. The minimum Gasteiger partial charge on any atom is -0.445 e. The van der Waals surface area contributed by atoms with Gasteiger partial charge in [0.25, 0.3) is 0 Å². The molecule has 0 spiro atoms. The molecule has 0 aromatic rings. The molecule has 1 saturated heterocycles. The Labute approximate surface area is 64.0 Å². The van der Waals surface area contributed by atoms with Crippen molar-refractivity contribution in [3.63, 3.8) is 0 Å². The van der Waals surface area contributed by atoms with Crippen LogP contribution in [0.4, 0.5) is 4.79 Å². The van der Waals surface area contributed by atoms with Crippen LogP contribution < -0.4 is 5.73 Å². The van der Waals surface area contributed by atoms with E-state index in [-0.39, 0.29) is 6.10 Å². The molecule has 1 rings (SSSR count). The Hall–Kier alpha value is -0.480. The van der Waals surface area contributed by atoms with Crippen molar-refractivity contribution in [3.8, 4) is 0 Å². The number of nitrogens with zero attached hydrogens (tertiary/aromatic N) is 1. The Morgan fingerprint density at radius 2 is 2.50 bits per heavy atom. The van der Waals surface area contributed by atoms with E-state index in [9.17, 15) is 4.79 Å². The standard InChI is InChI=1S/C5H9ClN2O2/c6-8-2-1-4(3-8)10-5(7)9/h4H,1-3H2,(H2,7,9)/t4-/m1/s1. The van der Waals surface area contributed by atoms with Crippen LogP contribution in [0.3, 0.4) is 0 Å². The second-order valence-corrected chi connectivity index (χ2v) is 2.69. The van der Waals surface area contributed by atoms with E-state index >= 15 is 0 Å². The van der Waals surface area contributed by atoms with Gasteiger partial charge < -0.3 is 10.5 Å². The number of nitrogens with two attached hydrogens (primary N) is 1. The summed E-state index contributed by atoms with van der Waals surface area (Å²) in [5.41, 5.74) is 4.79. The molecule has 1 aliphatic heterocycles. The molecule has 0 aromatic carbocycles. The molecule has 0 radical (unpaired) electrons. The zero-order valence-electron chi connectivity index (χ0n) is 5.42. The fraction of sp³-hybridized carbons (Fsp3) is 0.800. The van der Waals surface area contributed by atoms with Crippen LogP contribution in [0, 0.1) is 0 Å². The lowest BCUT2D eigenvalue weighted by Gasteiger charge is -2.07. The van der Waals surface area contributed by atoms with Gasteiger partial charge in [-0.2, -0.15) is 0 Å². The summed E-state index contributed by atoms with van der Waals surface area (Å²) in [6.07, 6.45) is -0.0705. The van der Waals surface area contributed by atoms with Crippen molar-refractivity contribution in [1.29, 1.82) is 0 Å². The fourth-order valence-electron chi connectivity index (χ4n) is 0.948. The summed E-state index contributed by atoms with van der Waals surface area (Å²) in [6, 6.07) is 0. The first-order valence-electron chi connectivity index (χ1n) is 3.05. The molecule has 1 aliphatic rings. The number of hydrogen-bond acceptors (Lipinski definition) is 3. The zero-order valence-corrected chi connectivity index (χ0v) is 6.17. The van der Waals surface area contributed by atoms with Gasteiger partial charge in [0, 0.05) is 6.54 Å². The number of halogens is 1. The van der Waals surface area contributed by atoms with Gasteiger partial charge in [-0.05, 0) is 18.2 Å². The molecule has 0 aliphatic carbocycles. The molecule has 1 atom stereocenters. The van der Waals surface area contributed by atoms with Crippen molar-refractivity contribution < 1.29 is 9.53 Å². The minimum absolute atomic E-state index is 0.116. The molecule has 1 heterocycles. The maximum Gasteiger partial charge on any atom is 0.404 e. The predicted molar refractivity (Wildman–Crippen MR) is 36.5 cm³/mol. The average molecular weight is 165 g/mol. The van der Waals surface area contributed by atoms with Crippen molar-refractivity contribution in [2.45, 2.75) is 12.5 Å². The largest absolute Gasteiger partial charge is 0.445 e. The van der Waals surface area contributed by atoms with E-state index in [0.717, 1.165) is 13.0 Å². The van der Waals surface area contributed by atoms with E-state index in [0.29, 0.717) is 6.54 Å². The Balaban J connectivity index is 2.24. The van der Waals surface area contributed by atoms with Crippen LogP contribution in [-0.4, -0.2) is 29.7 Å². The maximum atomic E-state index is 10.2. The van der Waals surface area contributed by atoms with Gasteiger partial charge in [-0.25, -0.2) is 9.21 Å². The van der Waals surface area contributed by atoms with Gasteiger partial charge in [0.15, 0.2) is 0 Å². The Morgan fingerprint density at radius 3 is 2.90 bits per heavy atom. The molecule has 1 amide bonds. The van der Waals surface area contributed by atoms with E-state index < -0.39 is 6.09 Å². The molecule has 0 unspecified atom stereocenters. The topological polar surface area (TPSA) is 55.6 Å². The number of primary amides is 1. The molecular formula is C5H9ClN2O2. The van der Waals surface area contributed by atoms with Crippen molar-refractivity contribution in [2.75, 3.05) is 13.1 Å². The van der Waals surface area contributed by atoms with Crippen LogP contribution in [0.15, 0.2) is 0 Å². The van der Waals surface area contributed by atoms with E-state index in [2.05, 4.69) is 0 Å². The van der Waals surface area contributed by atoms with Gasteiger partial charge >= 0.3 is 6.09 Å². The van der Waals surface area contributed by atoms with Gasteiger partial charge in [-0.1, -0.05) is 0 Å². The lowest BCUT2D eigenvalue weighted by atomic mass is 10.3. The maximum absolute atomic E-state index is 10.2. The molecular weight excluding hydrogens is 156 g/mol. The molecule has 1 fully saturated rings. The minimum atomic E-state index is -0.725. The summed E-state index contributed by atoms with van der Waals surface area (Å²) in [5.74, 6) is 0. The summed E-state index contributed by atoms with van der Waals surface area (Å²) >= 11 is 5.59. The van der Waals surface area contributed by atoms with Crippen molar-refractivity contribution in [1.82, 2.24) is 4.42 Å². The smallest absolute Gasteiger partial charge is 0.404 e.